The van der Waals surface area contributed by atoms with Gasteiger partial charge in [0, 0.05) is 27.6 Å². The third-order valence-corrected chi connectivity index (χ3v) is 3.96. The Bertz CT molecular complexity index is 636. The van der Waals surface area contributed by atoms with Crippen molar-refractivity contribution in [2.24, 2.45) is 0 Å². The van der Waals surface area contributed by atoms with E-state index in [9.17, 15) is 4.79 Å². The molecule has 0 unspecified atom stereocenters. The van der Waals surface area contributed by atoms with Crippen molar-refractivity contribution in [1.82, 2.24) is 9.88 Å². The number of benzene rings is 1. The van der Waals surface area contributed by atoms with Crippen LogP contribution in [0.15, 0.2) is 22.7 Å². The number of hydrogen-bond donors (Lipinski definition) is 1. The van der Waals surface area contributed by atoms with Gasteiger partial charge in [-0.1, -0.05) is 15.9 Å². The number of fused-ring (bicyclic) bond motifs is 3. The van der Waals surface area contributed by atoms with Crippen molar-refractivity contribution in [3.05, 3.63) is 33.9 Å². The lowest BCUT2D eigenvalue weighted by Gasteiger charge is -2.26. The van der Waals surface area contributed by atoms with Crippen LogP contribution in [0.1, 0.15) is 18.2 Å². The molecule has 1 aliphatic heterocycles. The Morgan fingerprint density at radius 3 is 3.16 bits per heavy atom. The third kappa shape index (κ3) is 2.23. The maximum atomic E-state index is 11.8. The van der Waals surface area contributed by atoms with Crippen molar-refractivity contribution in [3.63, 3.8) is 0 Å². The minimum atomic E-state index is -0.229. The van der Waals surface area contributed by atoms with Gasteiger partial charge in [0.25, 0.3) is 0 Å². The Morgan fingerprint density at radius 1 is 1.53 bits per heavy atom. The summed E-state index contributed by atoms with van der Waals surface area (Å²) in [6.45, 7) is 3.56. The molecule has 0 radical (unpaired) electrons. The number of amides is 1. The van der Waals surface area contributed by atoms with Gasteiger partial charge >= 0.3 is 6.09 Å². The minimum absolute atomic E-state index is 0.229. The standard InChI is InChI=1S/C14H15BrN2O2/c1-2-19-14(18)17-6-5-10-11-7-9(15)3-4-12(11)16-13(10)8-17/h3-4,7,16H,2,5-6,8H2,1H3. The lowest BCUT2D eigenvalue weighted by atomic mass is 10.0. The third-order valence-electron chi connectivity index (χ3n) is 3.46. The van der Waals surface area contributed by atoms with Gasteiger partial charge in [-0.25, -0.2) is 4.79 Å². The Morgan fingerprint density at radius 2 is 2.37 bits per heavy atom. The van der Waals surface area contributed by atoms with Gasteiger partial charge in [0.1, 0.15) is 0 Å². The smallest absolute Gasteiger partial charge is 0.410 e. The molecule has 19 heavy (non-hydrogen) atoms. The van der Waals surface area contributed by atoms with Crippen LogP contribution in [0.5, 0.6) is 0 Å². The first-order chi connectivity index (χ1) is 9.19. The molecule has 0 saturated carbocycles. The highest BCUT2D eigenvalue weighted by Crippen LogP contribution is 2.29. The Hall–Kier alpha value is -1.49. The van der Waals surface area contributed by atoms with Gasteiger partial charge < -0.3 is 14.6 Å². The number of nitrogens with one attached hydrogen (secondary N) is 1. The molecular weight excluding hydrogens is 308 g/mol. The zero-order valence-corrected chi connectivity index (χ0v) is 12.3. The first-order valence-electron chi connectivity index (χ1n) is 6.39. The number of H-pyrrole nitrogens is 1. The zero-order valence-electron chi connectivity index (χ0n) is 10.7. The lowest BCUT2D eigenvalue weighted by Crippen LogP contribution is -2.36. The molecule has 0 bridgehead atoms. The van der Waals surface area contributed by atoms with Crippen LogP contribution < -0.4 is 0 Å². The fourth-order valence-electron chi connectivity index (χ4n) is 2.58. The molecule has 0 atom stereocenters. The van der Waals surface area contributed by atoms with E-state index in [1.807, 2.05) is 13.0 Å². The van der Waals surface area contributed by atoms with E-state index in [0.29, 0.717) is 19.7 Å². The average molecular weight is 323 g/mol. The summed E-state index contributed by atoms with van der Waals surface area (Å²) in [5, 5.41) is 1.24. The number of aromatic amines is 1. The number of nitrogens with zero attached hydrogens (tertiary/aromatic N) is 1. The topological polar surface area (TPSA) is 45.3 Å². The van der Waals surface area contributed by atoms with Crippen LogP contribution in [0, 0.1) is 0 Å². The molecule has 2 heterocycles. The highest BCUT2D eigenvalue weighted by Gasteiger charge is 2.24. The molecule has 0 spiro atoms. The summed E-state index contributed by atoms with van der Waals surface area (Å²) in [5.41, 5.74) is 3.56. The maximum Gasteiger partial charge on any atom is 0.410 e. The summed E-state index contributed by atoms with van der Waals surface area (Å²) in [7, 11) is 0. The van der Waals surface area contributed by atoms with Crippen molar-refractivity contribution in [1.29, 1.82) is 0 Å². The van der Waals surface area contributed by atoms with E-state index >= 15 is 0 Å². The molecule has 0 saturated heterocycles. The number of aromatic nitrogens is 1. The quantitative estimate of drug-likeness (QED) is 0.874. The van der Waals surface area contributed by atoms with Crippen LogP contribution in [-0.2, 0) is 17.7 Å². The predicted octanol–water partition coefficient (Wildman–Crippen LogP) is 3.45. The maximum absolute atomic E-state index is 11.8. The molecule has 0 fully saturated rings. The Balaban J connectivity index is 1.93. The number of carbonyl (C=O) groups is 1. The molecule has 2 aromatic rings. The summed E-state index contributed by atoms with van der Waals surface area (Å²) < 4.78 is 6.13. The second-order valence-corrected chi connectivity index (χ2v) is 5.56. The summed E-state index contributed by atoms with van der Waals surface area (Å²) in [4.78, 5) is 16.9. The first kappa shape index (κ1) is 12.5. The SMILES string of the molecule is CCOC(=O)N1CCc2c([nH]c3ccc(Br)cc23)C1. The van der Waals surface area contributed by atoms with E-state index in [1.54, 1.807) is 4.90 Å². The fourth-order valence-corrected chi connectivity index (χ4v) is 2.94. The Kier molecular flexibility index (Phi) is 3.22. The van der Waals surface area contributed by atoms with Crippen LogP contribution in [-0.4, -0.2) is 29.1 Å². The van der Waals surface area contributed by atoms with Gasteiger partial charge in [0.2, 0.25) is 0 Å². The molecule has 0 aliphatic carbocycles. The molecule has 1 aliphatic rings. The summed E-state index contributed by atoms with van der Waals surface area (Å²) >= 11 is 3.50. The summed E-state index contributed by atoms with van der Waals surface area (Å²) in [6, 6.07) is 6.21. The number of carbonyl (C=O) groups excluding carboxylic acids is 1. The molecular formula is C14H15BrN2O2. The summed E-state index contributed by atoms with van der Waals surface area (Å²) in [5.74, 6) is 0. The van der Waals surface area contributed by atoms with Gasteiger partial charge in [0.05, 0.1) is 13.2 Å². The lowest BCUT2D eigenvalue weighted by molar-refractivity contribution is 0.102. The largest absolute Gasteiger partial charge is 0.450 e. The minimum Gasteiger partial charge on any atom is -0.450 e. The van der Waals surface area contributed by atoms with Crippen molar-refractivity contribution in [2.75, 3.05) is 13.2 Å². The molecule has 1 amide bonds. The van der Waals surface area contributed by atoms with Crippen molar-refractivity contribution in [2.45, 2.75) is 19.9 Å². The molecule has 3 rings (SSSR count). The molecule has 1 aromatic heterocycles. The van der Waals surface area contributed by atoms with Crippen LogP contribution in [0.4, 0.5) is 4.79 Å². The average Bonchev–Trinajstić information content (AvgIpc) is 2.76. The summed E-state index contributed by atoms with van der Waals surface area (Å²) in [6.07, 6.45) is 0.637. The second-order valence-electron chi connectivity index (χ2n) is 4.64. The van der Waals surface area contributed by atoms with Crippen LogP contribution in [0.2, 0.25) is 0 Å². The van der Waals surface area contributed by atoms with Gasteiger partial charge in [-0.3, -0.25) is 0 Å². The highest BCUT2D eigenvalue weighted by molar-refractivity contribution is 9.10. The molecule has 4 nitrogen and oxygen atoms in total. The van der Waals surface area contributed by atoms with Gasteiger partial charge in [-0.15, -0.1) is 0 Å². The molecule has 1 N–H and O–H groups in total. The number of halogens is 1. The number of hydrogen-bond acceptors (Lipinski definition) is 2. The molecule has 1 aromatic carbocycles. The van der Waals surface area contributed by atoms with Crippen LogP contribution >= 0.6 is 15.9 Å². The van der Waals surface area contributed by atoms with Gasteiger partial charge in [-0.2, -0.15) is 0 Å². The van der Waals surface area contributed by atoms with Crippen molar-refractivity contribution < 1.29 is 9.53 Å². The van der Waals surface area contributed by atoms with Gasteiger partial charge in [0.15, 0.2) is 0 Å². The van der Waals surface area contributed by atoms with E-state index in [-0.39, 0.29) is 6.09 Å². The molecule has 5 heteroatoms. The van der Waals surface area contributed by atoms with E-state index in [2.05, 4.69) is 33.0 Å². The Labute approximate surface area is 119 Å². The van der Waals surface area contributed by atoms with E-state index in [1.165, 1.54) is 10.9 Å². The second kappa shape index (κ2) is 4.89. The predicted molar refractivity (Wildman–Crippen MR) is 77.1 cm³/mol. The number of ether oxygens (including phenoxy) is 1. The van der Waals surface area contributed by atoms with Gasteiger partial charge in [-0.05, 0) is 37.1 Å². The normalized spacial score (nSPS) is 14.5. The van der Waals surface area contributed by atoms with E-state index in [4.69, 9.17) is 4.74 Å². The zero-order chi connectivity index (χ0) is 13.4. The van der Waals surface area contributed by atoms with Crippen LogP contribution in [0.25, 0.3) is 10.9 Å². The van der Waals surface area contributed by atoms with Crippen LogP contribution in [0.3, 0.4) is 0 Å². The fraction of sp³-hybridized carbons (Fsp3) is 0.357. The molecule has 100 valence electrons. The number of rotatable bonds is 1. The van der Waals surface area contributed by atoms with Crippen molar-refractivity contribution >= 4 is 32.9 Å². The monoisotopic (exact) mass is 322 g/mol. The van der Waals surface area contributed by atoms with E-state index < -0.39 is 0 Å². The first-order valence-corrected chi connectivity index (χ1v) is 7.19. The van der Waals surface area contributed by atoms with E-state index in [0.717, 1.165) is 22.1 Å². The van der Waals surface area contributed by atoms with Crippen molar-refractivity contribution in [3.8, 4) is 0 Å². The highest BCUT2D eigenvalue weighted by atomic mass is 79.9.